The van der Waals surface area contributed by atoms with Crippen LogP contribution in [0.15, 0.2) is 22.8 Å². The van der Waals surface area contributed by atoms with Crippen LogP contribution in [0.25, 0.3) is 4.96 Å². The van der Waals surface area contributed by atoms with Gasteiger partial charge in [-0.05, 0) is 12.8 Å². The van der Waals surface area contributed by atoms with E-state index in [-0.39, 0.29) is 17.9 Å². The molecule has 4 rings (SSSR count). The van der Waals surface area contributed by atoms with E-state index in [9.17, 15) is 9.59 Å². The van der Waals surface area contributed by atoms with Crippen molar-refractivity contribution in [3.63, 3.8) is 0 Å². The normalized spacial score (nSPS) is 19.6. The first-order valence-corrected chi connectivity index (χ1v) is 8.54. The Balaban J connectivity index is 1.33. The van der Waals surface area contributed by atoms with Crippen LogP contribution < -0.4 is 16.4 Å². The van der Waals surface area contributed by atoms with Crippen LogP contribution in [0.1, 0.15) is 18.5 Å². The van der Waals surface area contributed by atoms with Gasteiger partial charge in [0.2, 0.25) is 0 Å². The van der Waals surface area contributed by atoms with Crippen molar-refractivity contribution >= 4 is 34.2 Å². The van der Waals surface area contributed by atoms with Gasteiger partial charge in [-0.3, -0.25) is 14.5 Å². The first-order valence-electron chi connectivity index (χ1n) is 7.66. The number of carbonyl (C=O) groups excluding carboxylic acids is 2. The summed E-state index contributed by atoms with van der Waals surface area (Å²) in [5.74, 6) is -0.00390. The summed E-state index contributed by atoms with van der Waals surface area (Å²) in [4.78, 5) is 35.5. The molecule has 1 spiro atoms. The molecule has 1 fully saturated rings. The lowest BCUT2D eigenvalue weighted by atomic mass is 9.88. The van der Waals surface area contributed by atoms with Crippen molar-refractivity contribution in [1.82, 2.24) is 24.9 Å². The van der Waals surface area contributed by atoms with E-state index < -0.39 is 5.54 Å². The Kier molecular flexibility index (Phi) is 3.41. The van der Waals surface area contributed by atoms with Gasteiger partial charge in [0.05, 0.1) is 12.2 Å². The lowest BCUT2D eigenvalue weighted by Gasteiger charge is -2.35. The van der Waals surface area contributed by atoms with Gasteiger partial charge in [-0.25, -0.2) is 14.8 Å². The summed E-state index contributed by atoms with van der Waals surface area (Å²) in [5, 5.41) is 7.37. The van der Waals surface area contributed by atoms with Crippen LogP contribution in [0, 0.1) is 0 Å². The predicted molar refractivity (Wildman–Crippen MR) is 88.6 cm³/mol. The first kappa shape index (κ1) is 14.9. The number of hydrogen-bond donors (Lipinski definition) is 3. The number of nitrogens with two attached hydrogens (primary N) is 1. The van der Waals surface area contributed by atoms with Crippen molar-refractivity contribution in [2.75, 3.05) is 13.1 Å². The molecule has 4 heterocycles. The quantitative estimate of drug-likeness (QED) is 0.702. The number of amides is 3. The number of nitrogens with zero attached hydrogens (tertiary/aromatic N) is 4. The third-order valence-corrected chi connectivity index (χ3v) is 5.21. The van der Waals surface area contributed by atoms with Gasteiger partial charge in [-0.15, -0.1) is 11.3 Å². The SMILES string of the molecule is NC1=NC2(CCN(C(=O)NCc3cn4ccsc4n3)CC2)C(=O)N1. The third kappa shape index (κ3) is 2.48. The molecule has 0 unspecified atom stereocenters. The van der Waals surface area contributed by atoms with E-state index in [1.54, 1.807) is 16.2 Å². The van der Waals surface area contributed by atoms with E-state index in [0.29, 0.717) is 32.5 Å². The first-order chi connectivity index (χ1) is 11.6. The standard InChI is InChI=1S/C14H17N7O2S/c15-11-18-10(22)14(19-11)1-3-20(4-2-14)12(23)16-7-9-8-21-5-6-24-13(21)17-9/h5-6,8H,1-4,7H2,(H,16,23)(H3,15,18,19,22). The Bertz CT molecular complexity index is 803. The maximum absolute atomic E-state index is 12.3. The second-order valence-corrected chi connectivity index (χ2v) is 6.83. The molecule has 0 bridgehead atoms. The molecule has 126 valence electrons. The molecule has 0 radical (unpaired) electrons. The van der Waals surface area contributed by atoms with Crippen LogP contribution in [0.2, 0.25) is 0 Å². The smallest absolute Gasteiger partial charge is 0.317 e. The van der Waals surface area contributed by atoms with Crippen molar-refractivity contribution in [3.8, 4) is 0 Å². The number of aliphatic imine (C=N–C) groups is 1. The highest BCUT2D eigenvalue weighted by Gasteiger charge is 2.45. The lowest BCUT2D eigenvalue weighted by Crippen LogP contribution is -2.52. The maximum atomic E-state index is 12.3. The van der Waals surface area contributed by atoms with Crippen molar-refractivity contribution in [2.45, 2.75) is 24.9 Å². The highest BCUT2D eigenvalue weighted by molar-refractivity contribution is 7.15. The van der Waals surface area contributed by atoms with Gasteiger partial charge in [0.1, 0.15) is 5.54 Å². The minimum Gasteiger partial charge on any atom is -0.370 e. The van der Waals surface area contributed by atoms with Crippen LogP contribution in [0.4, 0.5) is 4.79 Å². The zero-order valence-electron chi connectivity index (χ0n) is 12.9. The summed E-state index contributed by atoms with van der Waals surface area (Å²) >= 11 is 1.55. The van der Waals surface area contributed by atoms with Crippen LogP contribution in [0.3, 0.4) is 0 Å². The van der Waals surface area contributed by atoms with Gasteiger partial charge < -0.3 is 16.0 Å². The zero-order valence-corrected chi connectivity index (χ0v) is 13.7. The lowest BCUT2D eigenvalue weighted by molar-refractivity contribution is -0.125. The van der Waals surface area contributed by atoms with Crippen LogP contribution in [-0.2, 0) is 11.3 Å². The number of hydrogen-bond acceptors (Lipinski definition) is 6. The molecule has 3 amide bonds. The fourth-order valence-electron chi connectivity index (χ4n) is 3.10. The Morgan fingerprint density at radius 1 is 1.46 bits per heavy atom. The van der Waals surface area contributed by atoms with E-state index in [0.717, 1.165) is 10.7 Å². The number of rotatable bonds is 2. The van der Waals surface area contributed by atoms with Gasteiger partial charge in [0.25, 0.3) is 5.91 Å². The summed E-state index contributed by atoms with van der Waals surface area (Å²) in [6.07, 6.45) is 4.79. The number of guanidine groups is 1. The molecule has 4 N–H and O–H groups in total. The summed E-state index contributed by atoms with van der Waals surface area (Å²) in [5.41, 5.74) is 5.60. The molecule has 10 heteroatoms. The molecule has 2 aromatic rings. The molecule has 0 aliphatic carbocycles. The zero-order chi connectivity index (χ0) is 16.7. The minimum atomic E-state index is -0.797. The van der Waals surface area contributed by atoms with Crippen LogP contribution in [-0.4, -0.2) is 50.8 Å². The Morgan fingerprint density at radius 3 is 2.92 bits per heavy atom. The average molecular weight is 347 g/mol. The van der Waals surface area contributed by atoms with E-state index in [1.165, 1.54) is 0 Å². The van der Waals surface area contributed by atoms with Gasteiger partial charge in [-0.1, -0.05) is 0 Å². The third-order valence-electron chi connectivity index (χ3n) is 4.44. The van der Waals surface area contributed by atoms with E-state index in [2.05, 4.69) is 20.6 Å². The number of piperidine rings is 1. The second kappa shape index (κ2) is 5.48. The minimum absolute atomic E-state index is 0.156. The number of likely N-dealkylation sites (tertiary alicyclic amines) is 1. The monoisotopic (exact) mass is 347 g/mol. The molecule has 2 aromatic heterocycles. The molecule has 24 heavy (non-hydrogen) atoms. The maximum Gasteiger partial charge on any atom is 0.317 e. The van der Waals surface area contributed by atoms with Crippen molar-refractivity contribution in [3.05, 3.63) is 23.5 Å². The molecule has 0 atom stereocenters. The van der Waals surface area contributed by atoms with Crippen LogP contribution >= 0.6 is 11.3 Å². The summed E-state index contributed by atoms with van der Waals surface area (Å²) in [7, 11) is 0. The number of aromatic nitrogens is 2. The average Bonchev–Trinajstić information content (AvgIpc) is 3.20. The number of urea groups is 1. The van der Waals surface area contributed by atoms with Gasteiger partial charge >= 0.3 is 6.03 Å². The molecule has 0 saturated carbocycles. The van der Waals surface area contributed by atoms with Crippen LogP contribution in [0.5, 0.6) is 0 Å². The molecular formula is C14H17N7O2S. The molecule has 1 saturated heterocycles. The molecule has 2 aliphatic heterocycles. The van der Waals surface area contributed by atoms with E-state index in [4.69, 9.17) is 5.73 Å². The van der Waals surface area contributed by atoms with E-state index >= 15 is 0 Å². The fourth-order valence-corrected chi connectivity index (χ4v) is 3.82. The summed E-state index contributed by atoms with van der Waals surface area (Å²) in [6.45, 7) is 1.31. The van der Waals surface area contributed by atoms with Crippen molar-refractivity contribution in [2.24, 2.45) is 10.7 Å². The van der Waals surface area contributed by atoms with Gasteiger partial charge in [0.15, 0.2) is 10.9 Å². The molecule has 9 nitrogen and oxygen atoms in total. The number of carbonyl (C=O) groups is 2. The predicted octanol–water partition coefficient (Wildman–Crippen LogP) is -0.115. The summed E-state index contributed by atoms with van der Waals surface area (Å²) < 4.78 is 1.93. The second-order valence-electron chi connectivity index (χ2n) is 5.95. The topological polar surface area (TPSA) is 117 Å². The number of fused-ring (bicyclic) bond motifs is 1. The Labute approximate surface area is 141 Å². The highest BCUT2D eigenvalue weighted by atomic mass is 32.1. The van der Waals surface area contributed by atoms with E-state index in [1.807, 2.05) is 22.2 Å². The summed E-state index contributed by atoms with van der Waals surface area (Å²) in [6, 6.07) is -0.156. The molecule has 0 aromatic carbocycles. The van der Waals surface area contributed by atoms with Crippen molar-refractivity contribution < 1.29 is 9.59 Å². The number of nitrogens with one attached hydrogen (secondary N) is 2. The Morgan fingerprint density at radius 2 is 2.25 bits per heavy atom. The number of thiazole rings is 1. The largest absolute Gasteiger partial charge is 0.370 e. The molecule has 2 aliphatic rings. The van der Waals surface area contributed by atoms with Gasteiger partial charge in [0, 0.05) is 30.9 Å². The number of imidazole rings is 1. The fraction of sp³-hybridized carbons (Fsp3) is 0.429. The highest BCUT2D eigenvalue weighted by Crippen LogP contribution is 2.29. The van der Waals surface area contributed by atoms with Crippen molar-refractivity contribution in [1.29, 1.82) is 0 Å². The molecular weight excluding hydrogens is 330 g/mol. The Hall–Kier alpha value is -2.62. The van der Waals surface area contributed by atoms with Gasteiger partial charge in [-0.2, -0.15) is 0 Å².